The second-order valence-corrected chi connectivity index (χ2v) is 9.74. The molecule has 0 saturated carbocycles. The second-order valence-electron chi connectivity index (χ2n) is 9.74. The van der Waals surface area contributed by atoms with Crippen LogP contribution in [0, 0.1) is 0 Å². The van der Waals surface area contributed by atoms with Crippen LogP contribution in [0.4, 0.5) is 5.82 Å². The van der Waals surface area contributed by atoms with Gasteiger partial charge in [-0.2, -0.15) is 5.10 Å². The maximum Gasteiger partial charge on any atom is 0.255 e. The van der Waals surface area contributed by atoms with Gasteiger partial charge in [-0.1, -0.05) is 6.07 Å². The fourth-order valence-corrected chi connectivity index (χ4v) is 5.03. The average Bonchev–Trinajstić information content (AvgIpc) is 3.45. The lowest BCUT2D eigenvalue weighted by Crippen LogP contribution is -2.46. The number of rotatable bonds is 9. The van der Waals surface area contributed by atoms with Gasteiger partial charge in [-0.3, -0.25) is 14.7 Å². The minimum absolute atomic E-state index is 0.172. The van der Waals surface area contributed by atoms with E-state index in [9.17, 15) is 4.79 Å². The van der Waals surface area contributed by atoms with Gasteiger partial charge in [-0.25, -0.2) is 14.5 Å². The topological polar surface area (TPSA) is 126 Å². The molecule has 1 aliphatic rings. The van der Waals surface area contributed by atoms with Crippen molar-refractivity contribution in [2.24, 2.45) is 10.7 Å². The third kappa shape index (κ3) is 6.04. The summed E-state index contributed by atoms with van der Waals surface area (Å²) in [6.07, 6.45) is 10.4. The molecule has 1 amide bonds. The van der Waals surface area contributed by atoms with E-state index in [2.05, 4.69) is 36.3 Å². The quantitative estimate of drug-likeness (QED) is 0.303. The van der Waals surface area contributed by atoms with Crippen molar-refractivity contribution < 1.29 is 9.53 Å². The Balaban J connectivity index is 1.38. The Labute approximate surface area is 239 Å². The molecule has 3 N–H and O–H groups in total. The lowest BCUT2D eigenvalue weighted by atomic mass is 10.00. The Kier molecular flexibility index (Phi) is 8.54. The average molecular weight is 554 g/mol. The van der Waals surface area contributed by atoms with Crippen molar-refractivity contribution in [3.05, 3.63) is 78.0 Å². The van der Waals surface area contributed by atoms with Gasteiger partial charge in [-0.15, -0.1) is 0 Å². The van der Waals surface area contributed by atoms with Gasteiger partial charge < -0.3 is 20.7 Å². The number of nitrogens with zero attached hydrogens (tertiary/aromatic N) is 7. The molecule has 0 bridgehead atoms. The Morgan fingerprint density at radius 3 is 2.59 bits per heavy atom. The monoisotopic (exact) mass is 553 g/mol. The van der Waals surface area contributed by atoms with Gasteiger partial charge in [0.1, 0.15) is 5.82 Å². The number of hydrogen-bond donors (Lipinski definition) is 2. The summed E-state index contributed by atoms with van der Waals surface area (Å²) in [7, 11) is 3.32. The summed E-state index contributed by atoms with van der Waals surface area (Å²) in [5.41, 5.74) is 11.6. The Bertz CT molecular complexity index is 1550. The van der Waals surface area contributed by atoms with Gasteiger partial charge in [0.25, 0.3) is 5.91 Å². The van der Waals surface area contributed by atoms with Crippen molar-refractivity contribution in [3.8, 4) is 17.0 Å². The highest BCUT2D eigenvalue weighted by Crippen LogP contribution is 2.31. The van der Waals surface area contributed by atoms with Crippen LogP contribution in [-0.2, 0) is 6.54 Å². The largest absolute Gasteiger partial charge is 0.481 e. The van der Waals surface area contributed by atoms with Crippen molar-refractivity contribution in [2.45, 2.75) is 13.5 Å². The van der Waals surface area contributed by atoms with Gasteiger partial charge in [0.05, 0.1) is 24.4 Å². The maximum absolute atomic E-state index is 12.9. The van der Waals surface area contributed by atoms with Crippen LogP contribution >= 0.6 is 0 Å². The summed E-state index contributed by atoms with van der Waals surface area (Å²) >= 11 is 0. The van der Waals surface area contributed by atoms with Gasteiger partial charge in [-0.05, 0) is 30.7 Å². The molecule has 0 aromatic carbocycles. The molecule has 41 heavy (non-hydrogen) atoms. The fourth-order valence-electron chi connectivity index (χ4n) is 5.03. The Morgan fingerprint density at radius 1 is 1.12 bits per heavy atom. The number of hydrogen-bond acceptors (Lipinski definition) is 9. The SMILES string of the molecule is CCNC(=O)c1cnn2cc(C(C=NC)=CN)cc(-c3ccc(N4CCN(Cc5ccc(OC)nc5)CC4)nc3)c12. The molecule has 0 aliphatic carbocycles. The van der Waals surface area contributed by atoms with E-state index in [0.717, 1.165) is 60.8 Å². The Morgan fingerprint density at radius 2 is 1.95 bits per heavy atom. The molecule has 4 aromatic rings. The molecule has 0 atom stereocenters. The number of carbonyl (C=O) groups excluding carboxylic acids is 1. The summed E-state index contributed by atoms with van der Waals surface area (Å²) in [5, 5.41) is 7.37. The van der Waals surface area contributed by atoms with E-state index in [1.165, 1.54) is 11.8 Å². The number of allylic oxidation sites excluding steroid dienone is 1. The molecule has 0 unspecified atom stereocenters. The number of amides is 1. The molecule has 11 heteroatoms. The normalized spacial score (nSPS) is 14.6. The van der Waals surface area contributed by atoms with E-state index >= 15 is 0 Å². The van der Waals surface area contributed by atoms with Crippen LogP contribution in [-0.4, -0.2) is 83.5 Å². The lowest BCUT2D eigenvalue weighted by Gasteiger charge is -2.35. The molecule has 1 aliphatic heterocycles. The molecule has 11 nitrogen and oxygen atoms in total. The summed E-state index contributed by atoms with van der Waals surface area (Å²) in [6, 6.07) is 10.0. The van der Waals surface area contributed by atoms with E-state index in [0.29, 0.717) is 23.5 Å². The molecule has 0 spiro atoms. The van der Waals surface area contributed by atoms with Crippen LogP contribution in [0.5, 0.6) is 5.88 Å². The fraction of sp³-hybridized carbons (Fsp3) is 0.300. The van der Waals surface area contributed by atoms with Crippen LogP contribution < -0.4 is 20.7 Å². The molecule has 5 rings (SSSR count). The first-order valence-corrected chi connectivity index (χ1v) is 13.6. The van der Waals surface area contributed by atoms with E-state index in [1.54, 1.807) is 31.1 Å². The van der Waals surface area contributed by atoms with E-state index in [-0.39, 0.29) is 5.91 Å². The van der Waals surface area contributed by atoms with Gasteiger partial charge in [0.15, 0.2) is 0 Å². The number of aliphatic imine (C=N–C) groups is 1. The standard InChI is InChI=1S/C30H35N9O2/c1-4-33-30(40)26-18-36-39-20-23(24(14-31)16-32-2)13-25(29(26)39)22-6-7-27(34-17-22)38-11-9-37(10-12-38)19-21-5-8-28(41-3)35-15-21/h5-8,13-18,20H,4,9-12,19,31H2,1-3H3,(H,33,40). The third-order valence-corrected chi connectivity index (χ3v) is 7.14. The van der Waals surface area contributed by atoms with Crippen LogP contribution in [0.15, 0.2) is 66.3 Å². The number of methoxy groups -OCH3 is 1. The van der Waals surface area contributed by atoms with E-state index in [1.807, 2.05) is 49.8 Å². The van der Waals surface area contributed by atoms with Crippen molar-refractivity contribution in [1.82, 2.24) is 29.8 Å². The van der Waals surface area contributed by atoms with Crippen LogP contribution in [0.3, 0.4) is 0 Å². The number of carbonyl (C=O) groups is 1. The summed E-state index contributed by atoms with van der Waals surface area (Å²) in [5.74, 6) is 1.37. The molecule has 5 heterocycles. The zero-order valence-electron chi connectivity index (χ0n) is 23.6. The van der Waals surface area contributed by atoms with Crippen molar-refractivity contribution in [1.29, 1.82) is 0 Å². The summed E-state index contributed by atoms with van der Waals surface area (Å²) in [6.45, 7) is 6.88. The number of pyridine rings is 3. The molecule has 0 radical (unpaired) electrons. The van der Waals surface area contributed by atoms with Crippen molar-refractivity contribution >= 4 is 29.0 Å². The highest BCUT2D eigenvalue weighted by atomic mass is 16.5. The summed E-state index contributed by atoms with van der Waals surface area (Å²) < 4.78 is 6.88. The predicted molar refractivity (Wildman–Crippen MR) is 161 cm³/mol. The van der Waals surface area contributed by atoms with Gasteiger partial charge in [0.2, 0.25) is 5.88 Å². The van der Waals surface area contributed by atoms with E-state index in [4.69, 9.17) is 15.5 Å². The summed E-state index contributed by atoms with van der Waals surface area (Å²) in [4.78, 5) is 30.8. The number of nitrogens with two attached hydrogens (primary N) is 1. The molecule has 212 valence electrons. The number of anilines is 1. The van der Waals surface area contributed by atoms with Crippen LogP contribution in [0.25, 0.3) is 22.2 Å². The lowest BCUT2D eigenvalue weighted by molar-refractivity contribution is 0.0957. The highest BCUT2D eigenvalue weighted by Gasteiger charge is 2.21. The zero-order valence-corrected chi connectivity index (χ0v) is 23.6. The van der Waals surface area contributed by atoms with E-state index < -0.39 is 0 Å². The zero-order chi connectivity index (χ0) is 28.8. The van der Waals surface area contributed by atoms with Gasteiger partial charge >= 0.3 is 0 Å². The second kappa shape index (κ2) is 12.6. The number of piperazine rings is 1. The van der Waals surface area contributed by atoms with Crippen molar-refractivity contribution in [3.63, 3.8) is 0 Å². The molecular formula is C30H35N9O2. The van der Waals surface area contributed by atoms with Crippen LogP contribution in [0.2, 0.25) is 0 Å². The smallest absolute Gasteiger partial charge is 0.255 e. The van der Waals surface area contributed by atoms with Crippen LogP contribution in [0.1, 0.15) is 28.4 Å². The number of fused-ring (bicyclic) bond motifs is 1. The molecular weight excluding hydrogens is 518 g/mol. The first-order chi connectivity index (χ1) is 20.0. The predicted octanol–water partition coefficient (Wildman–Crippen LogP) is 2.87. The number of nitrogens with one attached hydrogen (secondary N) is 1. The third-order valence-electron chi connectivity index (χ3n) is 7.14. The molecule has 1 saturated heterocycles. The Hall–Kier alpha value is -4.77. The minimum atomic E-state index is -0.172. The highest BCUT2D eigenvalue weighted by molar-refractivity contribution is 6.11. The molecule has 4 aromatic heterocycles. The molecule has 1 fully saturated rings. The van der Waals surface area contributed by atoms with Crippen molar-refractivity contribution in [2.75, 3.05) is 51.8 Å². The first kappa shape index (κ1) is 27.8. The number of ether oxygens (including phenoxy) is 1. The minimum Gasteiger partial charge on any atom is -0.481 e. The first-order valence-electron chi connectivity index (χ1n) is 13.6. The maximum atomic E-state index is 12.9. The van der Waals surface area contributed by atoms with Gasteiger partial charge in [0, 0.05) is 106 Å². The number of aromatic nitrogens is 4.